The molecule has 2 rings (SSSR count). The molecule has 0 bridgehead atoms. The van der Waals surface area contributed by atoms with Crippen molar-refractivity contribution in [2.45, 2.75) is 6.54 Å². The van der Waals surface area contributed by atoms with Gasteiger partial charge < -0.3 is 14.8 Å². The van der Waals surface area contributed by atoms with Crippen LogP contribution >= 0.6 is 27.5 Å². The van der Waals surface area contributed by atoms with Gasteiger partial charge in [0.05, 0.1) is 24.9 Å². The fourth-order valence-corrected chi connectivity index (χ4v) is 2.44. The molecule has 20 heavy (non-hydrogen) atoms. The van der Waals surface area contributed by atoms with Gasteiger partial charge in [0.2, 0.25) is 0 Å². The Morgan fingerprint density at radius 2 is 1.90 bits per heavy atom. The van der Waals surface area contributed by atoms with Gasteiger partial charge in [-0.2, -0.15) is 0 Å². The molecule has 0 spiro atoms. The zero-order chi connectivity index (χ0) is 14.5. The van der Waals surface area contributed by atoms with Crippen LogP contribution in [-0.4, -0.2) is 14.2 Å². The highest BCUT2D eigenvalue weighted by molar-refractivity contribution is 9.10. The van der Waals surface area contributed by atoms with E-state index in [0.29, 0.717) is 11.6 Å². The lowest BCUT2D eigenvalue weighted by molar-refractivity contribution is 0.410. The Balaban J connectivity index is 2.18. The first kappa shape index (κ1) is 15.0. The molecule has 0 radical (unpaired) electrons. The Labute approximate surface area is 132 Å². The fraction of sp³-hybridized carbons (Fsp3) is 0.200. The topological polar surface area (TPSA) is 30.5 Å². The summed E-state index contributed by atoms with van der Waals surface area (Å²) in [5.74, 6) is 1.60. The normalized spacial score (nSPS) is 10.2. The Kier molecular flexibility index (Phi) is 5.15. The van der Waals surface area contributed by atoms with Gasteiger partial charge in [0.1, 0.15) is 11.5 Å². The van der Waals surface area contributed by atoms with E-state index in [-0.39, 0.29) is 0 Å². The van der Waals surface area contributed by atoms with E-state index in [2.05, 4.69) is 21.2 Å². The maximum Gasteiger partial charge on any atom is 0.123 e. The summed E-state index contributed by atoms with van der Waals surface area (Å²) in [6.45, 7) is 0.607. The summed E-state index contributed by atoms with van der Waals surface area (Å²) in [5, 5.41) is 3.95. The Morgan fingerprint density at radius 1 is 1.10 bits per heavy atom. The van der Waals surface area contributed by atoms with Crippen LogP contribution in [0.25, 0.3) is 0 Å². The lowest BCUT2D eigenvalue weighted by Gasteiger charge is -2.13. The van der Waals surface area contributed by atoms with E-state index in [1.165, 1.54) is 0 Å². The van der Waals surface area contributed by atoms with Crippen molar-refractivity contribution in [2.24, 2.45) is 0 Å². The quantitative estimate of drug-likeness (QED) is 0.840. The van der Waals surface area contributed by atoms with Crippen molar-refractivity contribution in [1.82, 2.24) is 0 Å². The first-order valence-corrected chi connectivity index (χ1v) is 7.21. The molecule has 2 aromatic rings. The van der Waals surface area contributed by atoms with Crippen LogP contribution in [0.2, 0.25) is 5.02 Å². The minimum Gasteiger partial charge on any atom is -0.497 e. The summed E-state index contributed by atoms with van der Waals surface area (Å²) in [7, 11) is 3.29. The Hall–Kier alpha value is -1.39. The summed E-state index contributed by atoms with van der Waals surface area (Å²) in [5.41, 5.74) is 1.87. The lowest BCUT2D eigenvalue weighted by atomic mass is 10.2. The molecule has 1 N–H and O–H groups in total. The van der Waals surface area contributed by atoms with E-state index in [0.717, 1.165) is 27.2 Å². The number of nitrogens with one attached hydrogen (secondary N) is 1. The zero-order valence-corrected chi connectivity index (χ0v) is 13.6. The molecular weight excluding hydrogens is 342 g/mol. The molecule has 0 fully saturated rings. The van der Waals surface area contributed by atoms with E-state index >= 15 is 0 Å². The predicted molar refractivity (Wildman–Crippen MR) is 86.0 cm³/mol. The predicted octanol–water partition coefficient (Wildman–Crippen LogP) is 4.73. The number of rotatable bonds is 5. The van der Waals surface area contributed by atoms with Gasteiger partial charge >= 0.3 is 0 Å². The molecule has 0 aliphatic carbocycles. The van der Waals surface area contributed by atoms with E-state index < -0.39 is 0 Å². The number of hydrogen-bond donors (Lipinski definition) is 1. The molecule has 2 aromatic carbocycles. The van der Waals surface area contributed by atoms with Gasteiger partial charge in [-0.15, -0.1) is 0 Å². The number of hydrogen-bond acceptors (Lipinski definition) is 3. The lowest BCUT2D eigenvalue weighted by Crippen LogP contribution is -2.02. The van der Waals surface area contributed by atoms with Crippen LogP contribution in [0.4, 0.5) is 5.69 Å². The van der Waals surface area contributed by atoms with Gasteiger partial charge in [0, 0.05) is 22.6 Å². The van der Waals surface area contributed by atoms with Crippen LogP contribution in [0, 0.1) is 0 Å². The summed E-state index contributed by atoms with van der Waals surface area (Å²) < 4.78 is 11.5. The van der Waals surface area contributed by atoms with Crippen LogP contribution in [0.3, 0.4) is 0 Å². The molecule has 0 aromatic heterocycles. The highest BCUT2D eigenvalue weighted by Gasteiger charge is 2.06. The third-order valence-corrected chi connectivity index (χ3v) is 3.71. The molecule has 0 saturated carbocycles. The molecule has 0 saturated heterocycles. The number of halogens is 2. The molecule has 106 valence electrons. The molecule has 0 aliphatic heterocycles. The molecule has 0 atom stereocenters. The maximum atomic E-state index is 6.17. The molecule has 0 aliphatic rings. The Morgan fingerprint density at radius 3 is 2.60 bits per heavy atom. The summed E-state index contributed by atoms with van der Waals surface area (Å²) in [6.07, 6.45) is 0. The van der Waals surface area contributed by atoms with E-state index in [4.69, 9.17) is 21.1 Å². The van der Waals surface area contributed by atoms with Crippen molar-refractivity contribution in [3.63, 3.8) is 0 Å². The second-order valence-electron chi connectivity index (χ2n) is 4.16. The van der Waals surface area contributed by atoms with Crippen molar-refractivity contribution >= 4 is 33.2 Å². The standard InChI is InChI=1S/C15H15BrClNO2/c1-19-12-4-5-13(17)14(8-12)18-9-10-7-11(16)3-6-15(10)20-2/h3-8,18H,9H2,1-2H3. The number of ether oxygens (including phenoxy) is 2. The van der Waals surface area contributed by atoms with Gasteiger partial charge in [-0.05, 0) is 30.3 Å². The second kappa shape index (κ2) is 6.86. The van der Waals surface area contributed by atoms with Crippen LogP contribution in [0.1, 0.15) is 5.56 Å². The van der Waals surface area contributed by atoms with Gasteiger partial charge in [0.15, 0.2) is 0 Å². The summed E-state index contributed by atoms with van der Waals surface area (Å²) >= 11 is 9.63. The minimum absolute atomic E-state index is 0.607. The minimum atomic E-state index is 0.607. The third kappa shape index (κ3) is 3.58. The van der Waals surface area contributed by atoms with E-state index in [9.17, 15) is 0 Å². The van der Waals surface area contributed by atoms with Gasteiger partial charge in [-0.1, -0.05) is 27.5 Å². The first-order chi connectivity index (χ1) is 9.63. The van der Waals surface area contributed by atoms with Crippen LogP contribution < -0.4 is 14.8 Å². The van der Waals surface area contributed by atoms with Crippen LogP contribution in [0.5, 0.6) is 11.5 Å². The molecule has 0 heterocycles. The highest BCUT2D eigenvalue weighted by atomic mass is 79.9. The average Bonchev–Trinajstić information content (AvgIpc) is 2.46. The fourth-order valence-electron chi connectivity index (χ4n) is 1.84. The number of anilines is 1. The van der Waals surface area contributed by atoms with Crippen molar-refractivity contribution in [1.29, 1.82) is 0 Å². The Bertz CT molecular complexity index is 604. The zero-order valence-electron chi connectivity index (χ0n) is 11.2. The van der Waals surface area contributed by atoms with Gasteiger partial charge in [0.25, 0.3) is 0 Å². The monoisotopic (exact) mass is 355 g/mol. The molecular formula is C15H15BrClNO2. The second-order valence-corrected chi connectivity index (χ2v) is 5.48. The summed E-state index contributed by atoms with van der Waals surface area (Å²) in [4.78, 5) is 0. The van der Waals surface area contributed by atoms with E-state index in [1.54, 1.807) is 20.3 Å². The molecule has 0 amide bonds. The van der Waals surface area contributed by atoms with Crippen molar-refractivity contribution in [2.75, 3.05) is 19.5 Å². The van der Waals surface area contributed by atoms with Crippen molar-refractivity contribution < 1.29 is 9.47 Å². The third-order valence-electron chi connectivity index (χ3n) is 2.89. The van der Waals surface area contributed by atoms with Gasteiger partial charge in [-0.25, -0.2) is 0 Å². The SMILES string of the molecule is COc1ccc(Cl)c(NCc2cc(Br)ccc2OC)c1. The van der Waals surface area contributed by atoms with Crippen molar-refractivity contribution in [3.05, 3.63) is 51.5 Å². The first-order valence-electron chi connectivity index (χ1n) is 6.04. The number of methoxy groups -OCH3 is 2. The van der Waals surface area contributed by atoms with Crippen molar-refractivity contribution in [3.8, 4) is 11.5 Å². The van der Waals surface area contributed by atoms with Gasteiger partial charge in [-0.3, -0.25) is 0 Å². The maximum absolute atomic E-state index is 6.17. The molecule has 5 heteroatoms. The largest absolute Gasteiger partial charge is 0.497 e. The highest BCUT2D eigenvalue weighted by Crippen LogP contribution is 2.29. The molecule has 0 unspecified atom stereocenters. The average molecular weight is 357 g/mol. The smallest absolute Gasteiger partial charge is 0.123 e. The number of benzene rings is 2. The molecule has 3 nitrogen and oxygen atoms in total. The van der Waals surface area contributed by atoms with E-state index in [1.807, 2.05) is 30.3 Å². The summed E-state index contributed by atoms with van der Waals surface area (Å²) in [6, 6.07) is 11.4. The van der Waals surface area contributed by atoms with Crippen LogP contribution in [0.15, 0.2) is 40.9 Å². The van der Waals surface area contributed by atoms with Crippen LogP contribution in [-0.2, 0) is 6.54 Å².